The number of rotatable bonds is 4. The zero-order chi connectivity index (χ0) is 14.7. The lowest BCUT2D eigenvalue weighted by Gasteiger charge is -2.15. The Labute approximate surface area is 135 Å². The van der Waals surface area contributed by atoms with E-state index in [0.29, 0.717) is 6.54 Å². The molecule has 0 heterocycles. The third-order valence-corrected chi connectivity index (χ3v) is 3.93. The van der Waals surface area contributed by atoms with Gasteiger partial charge in [-0.05, 0) is 42.8 Å². The molecule has 0 bridgehead atoms. The van der Waals surface area contributed by atoms with Gasteiger partial charge in [-0.3, -0.25) is 0 Å². The van der Waals surface area contributed by atoms with Crippen LogP contribution in [0.2, 0.25) is 0 Å². The Balaban J connectivity index is 2.25. The molecule has 0 aliphatic heterocycles. The minimum atomic E-state index is 0.273. The summed E-state index contributed by atoms with van der Waals surface area (Å²) in [6.07, 6.45) is 0. The van der Waals surface area contributed by atoms with E-state index >= 15 is 0 Å². The molecule has 0 spiro atoms. The molecule has 0 radical (unpaired) electrons. The molecule has 0 fully saturated rings. The quantitative estimate of drug-likeness (QED) is 0.770. The van der Waals surface area contributed by atoms with Crippen molar-refractivity contribution < 1.29 is 9.84 Å². The first-order chi connectivity index (χ1) is 9.51. The molecule has 0 amide bonds. The van der Waals surface area contributed by atoms with Gasteiger partial charge in [0, 0.05) is 21.1 Å². The summed E-state index contributed by atoms with van der Waals surface area (Å²) in [5.74, 6) is 1.04. The van der Waals surface area contributed by atoms with Crippen molar-refractivity contribution in [1.29, 1.82) is 0 Å². The van der Waals surface area contributed by atoms with Gasteiger partial charge in [0.1, 0.15) is 11.5 Å². The lowest BCUT2D eigenvalue weighted by Crippen LogP contribution is -2.03. The van der Waals surface area contributed by atoms with Gasteiger partial charge < -0.3 is 15.2 Å². The van der Waals surface area contributed by atoms with E-state index in [1.165, 1.54) is 0 Å². The van der Waals surface area contributed by atoms with E-state index in [0.717, 1.165) is 31.5 Å². The molecular weight excluding hydrogens is 386 g/mol. The third kappa shape index (κ3) is 3.46. The summed E-state index contributed by atoms with van der Waals surface area (Å²) >= 11 is 6.86. The summed E-state index contributed by atoms with van der Waals surface area (Å²) in [7, 11) is 1.64. The van der Waals surface area contributed by atoms with Crippen LogP contribution >= 0.6 is 31.9 Å². The predicted molar refractivity (Wildman–Crippen MR) is 88.6 cm³/mol. The molecule has 5 heteroatoms. The number of hydrogen-bond acceptors (Lipinski definition) is 3. The molecular formula is C15H15Br2NO2. The first kappa shape index (κ1) is 15.2. The van der Waals surface area contributed by atoms with E-state index in [1.54, 1.807) is 13.2 Å². The van der Waals surface area contributed by atoms with E-state index < -0.39 is 0 Å². The Bertz CT molecular complexity index is 630. The largest absolute Gasteiger partial charge is 0.508 e. The van der Waals surface area contributed by atoms with Crippen LogP contribution in [0.1, 0.15) is 11.1 Å². The Morgan fingerprint density at radius 1 is 1.15 bits per heavy atom. The summed E-state index contributed by atoms with van der Waals surface area (Å²) in [6, 6.07) is 9.31. The number of phenols is 1. The average Bonchev–Trinajstić information content (AvgIpc) is 2.40. The molecule has 0 aliphatic carbocycles. The molecule has 0 atom stereocenters. The minimum Gasteiger partial charge on any atom is -0.508 e. The molecule has 0 aromatic heterocycles. The van der Waals surface area contributed by atoms with Gasteiger partial charge in [0.25, 0.3) is 0 Å². The third-order valence-electron chi connectivity index (χ3n) is 2.98. The van der Waals surface area contributed by atoms with Crippen molar-refractivity contribution in [2.24, 2.45) is 0 Å². The number of hydrogen-bond donors (Lipinski definition) is 2. The summed E-state index contributed by atoms with van der Waals surface area (Å²) in [4.78, 5) is 0. The van der Waals surface area contributed by atoms with Gasteiger partial charge >= 0.3 is 0 Å². The highest BCUT2D eigenvalue weighted by molar-refractivity contribution is 9.10. The fraction of sp³-hybridized carbons (Fsp3) is 0.200. The Hall–Kier alpha value is -1.20. The fourth-order valence-electron chi connectivity index (χ4n) is 1.98. The van der Waals surface area contributed by atoms with Crippen molar-refractivity contribution in [3.8, 4) is 11.5 Å². The lowest BCUT2D eigenvalue weighted by molar-refractivity contribution is 0.415. The van der Waals surface area contributed by atoms with Crippen LogP contribution in [-0.2, 0) is 6.54 Å². The number of ether oxygens (including phenoxy) is 1. The van der Waals surface area contributed by atoms with Crippen LogP contribution in [0.25, 0.3) is 0 Å². The maximum Gasteiger partial charge on any atom is 0.143 e. The highest BCUT2D eigenvalue weighted by atomic mass is 79.9. The highest BCUT2D eigenvalue weighted by Gasteiger charge is 2.09. The zero-order valence-corrected chi connectivity index (χ0v) is 14.4. The fourth-order valence-corrected chi connectivity index (χ4v) is 2.94. The summed E-state index contributed by atoms with van der Waals surface area (Å²) in [5, 5.41) is 13.2. The summed E-state index contributed by atoms with van der Waals surface area (Å²) in [5.41, 5.74) is 2.82. The maximum atomic E-state index is 9.85. The van der Waals surface area contributed by atoms with Crippen molar-refractivity contribution in [3.05, 3.63) is 50.4 Å². The van der Waals surface area contributed by atoms with Gasteiger partial charge in [0.2, 0.25) is 0 Å². The standard InChI is InChI=1S/C15H15Br2NO2/c1-9-5-12(17)7-14(20-2)15(9)18-8-10-6-11(16)3-4-13(10)19/h3-7,18-19H,8H2,1-2H3. The van der Waals surface area contributed by atoms with Crippen molar-refractivity contribution in [2.75, 3.05) is 12.4 Å². The SMILES string of the molecule is COc1cc(Br)cc(C)c1NCc1cc(Br)ccc1O. The van der Waals surface area contributed by atoms with E-state index in [4.69, 9.17) is 4.74 Å². The maximum absolute atomic E-state index is 9.85. The van der Waals surface area contributed by atoms with Gasteiger partial charge in [-0.1, -0.05) is 31.9 Å². The molecule has 2 aromatic carbocycles. The first-order valence-electron chi connectivity index (χ1n) is 6.06. The zero-order valence-electron chi connectivity index (χ0n) is 11.2. The van der Waals surface area contributed by atoms with Crippen LogP contribution in [0.15, 0.2) is 39.3 Å². The number of halogens is 2. The van der Waals surface area contributed by atoms with Gasteiger partial charge in [-0.2, -0.15) is 0 Å². The molecule has 3 nitrogen and oxygen atoms in total. The molecule has 2 rings (SSSR count). The van der Waals surface area contributed by atoms with Crippen LogP contribution in [0, 0.1) is 6.92 Å². The second kappa shape index (κ2) is 6.50. The number of methoxy groups -OCH3 is 1. The van der Waals surface area contributed by atoms with Crippen LogP contribution in [0.3, 0.4) is 0 Å². The van der Waals surface area contributed by atoms with Crippen LogP contribution < -0.4 is 10.1 Å². The van der Waals surface area contributed by atoms with E-state index in [1.807, 2.05) is 31.2 Å². The van der Waals surface area contributed by atoms with Gasteiger partial charge in [-0.15, -0.1) is 0 Å². The van der Waals surface area contributed by atoms with Crippen LogP contribution in [-0.4, -0.2) is 12.2 Å². The van der Waals surface area contributed by atoms with Crippen LogP contribution in [0.4, 0.5) is 5.69 Å². The average molecular weight is 401 g/mol. The van der Waals surface area contributed by atoms with Crippen molar-refractivity contribution >= 4 is 37.5 Å². The van der Waals surface area contributed by atoms with E-state index in [9.17, 15) is 5.11 Å². The monoisotopic (exact) mass is 399 g/mol. The summed E-state index contributed by atoms with van der Waals surface area (Å²) in [6.45, 7) is 2.53. The summed E-state index contributed by atoms with van der Waals surface area (Å²) < 4.78 is 7.30. The topological polar surface area (TPSA) is 41.5 Å². The molecule has 20 heavy (non-hydrogen) atoms. The van der Waals surface area contributed by atoms with Crippen molar-refractivity contribution in [2.45, 2.75) is 13.5 Å². The second-order valence-corrected chi connectivity index (χ2v) is 6.26. The molecule has 0 saturated heterocycles. The highest BCUT2D eigenvalue weighted by Crippen LogP contribution is 2.33. The Morgan fingerprint density at radius 2 is 1.90 bits per heavy atom. The number of aryl methyl sites for hydroxylation is 1. The Morgan fingerprint density at radius 3 is 2.60 bits per heavy atom. The number of phenolic OH excluding ortho intramolecular Hbond substituents is 1. The van der Waals surface area contributed by atoms with E-state index in [2.05, 4.69) is 37.2 Å². The first-order valence-corrected chi connectivity index (χ1v) is 7.65. The van der Waals surface area contributed by atoms with Crippen LogP contribution in [0.5, 0.6) is 11.5 Å². The van der Waals surface area contributed by atoms with Gasteiger partial charge in [-0.25, -0.2) is 0 Å². The van der Waals surface area contributed by atoms with Crippen molar-refractivity contribution in [3.63, 3.8) is 0 Å². The molecule has 106 valence electrons. The molecule has 2 N–H and O–H groups in total. The smallest absolute Gasteiger partial charge is 0.143 e. The number of benzene rings is 2. The van der Waals surface area contributed by atoms with Crippen molar-refractivity contribution in [1.82, 2.24) is 0 Å². The Kier molecular flexibility index (Phi) is 4.94. The minimum absolute atomic E-state index is 0.273. The number of anilines is 1. The molecule has 0 saturated carbocycles. The normalized spacial score (nSPS) is 10.4. The predicted octanol–water partition coefficient (Wildman–Crippen LogP) is 4.85. The lowest BCUT2D eigenvalue weighted by atomic mass is 10.1. The molecule has 0 unspecified atom stereocenters. The molecule has 2 aromatic rings. The molecule has 0 aliphatic rings. The number of aromatic hydroxyl groups is 1. The van der Waals surface area contributed by atoms with Gasteiger partial charge in [0.15, 0.2) is 0 Å². The number of nitrogens with one attached hydrogen (secondary N) is 1. The van der Waals surface area contributed by atoms with E-state index in [-0.39, 0.29) is 5.75 Å². The van der Waals surface area contributed by atoms with Gasteiger partial charge in [0.05, 0.1) is 12.8 Å². The second-order valence-electron chi connectivity index (χ2n) is 4.43.